The Hall–Kier alpha value is -1.35. The molecule has 1 saturated heterocycles. The molecule has 2 rings (SSSR count). The van der Waals surface area contributed by atoms with Crippen molar-refractivity contribution in [2.45, 2.75) is 32.1 Å². The largest absolute Gasteiger partial charge is 0.354 e. The predicted octanol–water partition coefficient (Wildman–Crippen LogP) is 2.39. The quantitative estimate of drug-likeness (QED) is 0.852. The van der Waals surface area contributed by atoms with E-state index in [1.807, 2.05) is 30.3 Å². The third-order valence-electron chi connectivity index (χ3n) is 3.85. The van der Waals surface area contributed by atoms with Crippen LogP contribution in [0.4, 0.5) is 0 Å². The minimum absolute atomic E-state index is 0.0141. The van der Waals surface area contributed by atoms with Gasteiger partial charge in [-0.05, 0) is 37.9 Å². The highest BCUT2D eigenvalue weighted by Crippen LogP contribution is 2.19. The Morgan fingerprint density at radius 1 is 1.26 bits per heavy atom. The summed E-state index contributed by atoms with van der Waals surface area (Å²) in [5.41, 5.74) is 1.11. The number of rotatable bonds is 6. The number of carbonyl (C=O) groups excluding carboxylic acids is 1. The highest BCUT2D eigenvalue weighted by Gasteiger charge is 2.18. The summed E-state index contributed by atoms with van der Waals surface area (Å²) in [4.78, 5) is 14.6. The van der Waals surface area contributed by atoms with E-state index in [0.29, 0.717) is 0 Å². The number of likely N-dealkylation sites (tertiary alicyclic amines) is 1. The zero-order chi connectivity index (χ0) is 13.5. The normalized spacial score (nSPS) is 17.3. The first-order valence-corrected chi connectivity index (χ1v) is 7.36. The second-order valence-corrected chi connectivity index (χ2v) is 5.21. The van der Waals surface area contributed by atoms with E-state index in [1.165, 1.54) is 25.9 Å². The van der Waals surface area contributed by atoms with Gasteiger partial charge in [-0.1, -0.05) is 37.3 Å². The summed E-state index contributed by atoms with van der Waals surface area (Å²) in [5.74, 6) is 0.146. The van der Waals surface area contributed by atoms with E-state index in [9.17, 15) is 4.79 Å². The number of amides is 1. The molecule has 1 N–H and O–H groups in total. The maximum absolute atomic E-state index is 12.2. The average Bonchev–Trinajstić information content (AvgIpc) is 2.94. The Morgan fingerprint density at radius 3 is 2.58 bits per heavy atom. The van der Waals surface area contributed by atoms with E-state index in [4.69, 9.17) is 0 Å². The van der Waals surface area contributed by atoms with Gasteiger partial charge in [0.2, 0.25) is 5.91 Å². The van der Waals surface area contributed by atoms with E-state index >= 15 is 0 Å². The number of hydrogen-bond acceptors (Lipinski definition) is 2. The van der Waals surface area contributed by atoms with Gasteiger partial charge in [-0.15, -0.1) is 0 Å². The maximum Gasteiger partial charge on any atom is 0.227 e. The molecule has 1 unspecified atom stereocenters. The van der Waals surface area contributed by atoms with Crippen molar-refractivity contribution in [2.24, 2.45) is 0 Å². The van der Waals surface area contributed by atoms with Gasteiger partial charge in [-0.25, -0.2) is 0 Å². The molecule has 0 bridgehead atoms. The molecule has 0 radical (unpaired) electrons. The average molecular weight is 260 g/mol. The van der Waals surface area contributed by atoms with Crippen molar-refractivity contribution >= 4 is 5.91 Å². The molecule has 3 heteroatoms. The minimum Gasteiger partial charge on any atom is -0.354 e. The molecule has 0 spiro atoms. The van der Waals surface area contributed by atoms with E-state index in [-0.39, 0.29) is 11.8 Å². The molecule has 104 valence electrons. The third kappa shape index (κ3) is 4.06. The molecule has 1 heterocycles. The standard InChI is InChI=1S/C16H24N2O/c1-2-15(14-8-4-3-5-9-14)16(19)17-10-13-18-11-6-7-12-18/h3-5,8-9,15H,2,6-7,10-13H2,1H3,(H,17,19). The van der Waals surface area contributed by atoms with Gasteiger partial charge < -0.3 is 10.2 Å². The fourth-order valence-electron chi connectivity index (χ4n) is 2.72. The first-order chi connectivity index (χ1) is 9.31. The minimum atomic E-state index is -0.0141. The Labute approximate surface area is 116 Å². The molecule has 1 aromatic rings. The second-order valence-electron chi connectivity index (χ2n) is 5.21. The SMILES string of the molecule is CCC(C(=O)NCCN1CCCC1)c1ccccc1. The smallest absolute Gasteiger partial charge is 0.227 e. The second kappa shape index (κ2) is 7.29. The highest BCUT2D eigenvalue weighted by atomic mass is 16.1. The predicted molar refractivity (Wildman–Crippen MR) is 78.2 cm³/mol. The van der Waals surface area contributed by atoms with Gasteiger partial charge in [0.05, 0.1) is 5.92 Å². The van der Waals surface area contributed by atoms with Gasteiger partial charge >= 0.3 is 0 Å². The highest BCUT2D eigenvalue weighted by molar-refractivity contribution is 5.83. The Morgan fingerprint density at radius 2 is 1.95 bits per heavy atom. The van der Waals surface area contributed by atoms with Crippen molar-refractivity contribution in [3.05, 3.63) is 35.9 Å². The molecule has 1 atom stereocenters. The lowest BCUT2D eigenvalue weighted by atomic mass is 9.96. The molecule has 1 aromatic carbocycles. The number of nitrogens with zero attached hydrogens (tertiary/aromatic N) is 1. The van der Waals surface area contributed by atoms with Gasteiger partial charge in [0.15, 0.2) is 0 Å². The Bertz CT molecular complexity index is 385. The van der Waals surface area contributed by atoms with Crippen molar-refractivity contribution in [3.63, 3.8) is 0 Å². The van der Waals surface area contributed by atoms with Crippen molar-refractivity contribution in [3.8, 4) is 0 Å². The molecule has 1 amide bonds. The number of nitrogens with one attached hydrogen (secondary N) is 1. The third-order valence-corrected chi connectivity index (χ3v) is 3.85. The summed E-state index contributed by atoms with van der Waals surface area (Å²) in [7, 11) is 0. The van der Waals surface area contributed by atoms with Crippen LogP contribution in [0.15, 0.2) is 30.3 Å². The van der Waals surface area contributed by atoms with E-state index < -0.39 is 0 Å². The van der Waals surface area contributed by atoms with Gasteiger partial charge in [0, 0.05) is 13.1 Å². The van der Waals surface area contributed by atoms with E-state index in [0.717, 1.165) is 25.1 Å². The Balaban J connectivity index is 1.80. The molecule has 19 heavy (non-hydrogen) atoms. The van der Waals surface area contributed by atoms with E-state index in [1.54, 1.807) is 0 Å². The van der Waals surface area contributed by atoms with Crippen LogP contribution >= 0.6 is 0 Å². The molecule has 0 aromatic heterocycles. The Kier molecular flexibility index (Phi) is 5.40. The van der Waals surface area contributed by atoms with Crippen LogP contribution in [-0.4, -0.2) is 37.0 Å². The lowest BCUT2D eigenvalue weighted by Gasteiger charge is -2.18. The summed E-state index contributed by atoms with van der Waals surface area (Å²) in [6.45, 7) is 6.19. The summed E-state index contributed by atoms with van der Waals surface area (Å²) >= 11 is 0. The van der Waals surface area contributed by atoms with Crippen molar-refractivity contribution in [1.82, 2.24) is 10.2 Å². The number of benzene rings is 1. The van der Waals surface area contributed by atoms with Crippen LogP contribution < -0.4 is 5.32 Å². The molecule has 0 aliphatic carbocycles. The summed E-state index contributed by atoms with van der Waals surface area (Å²) in [6.07, 6.45) is 3.45. The van der Waals surface area contributed by atoms with Crippen LogP contribution in [0.5, 0.6) is 0 Å². The van der Waals surface area contributed by atoms with E-state index in [2.05, 4.69) is 17.1 Å². The fourth-order valence-corrected chi connectivity index (χ4v) is 2.72. The lowest BCUT2D eigenvalue weighted by Crippen LogP contribution is -2.36. The topological polar surface area (TPSA) is 32.3 Å². The van der Waals surface area contributed by atoms with Crippen LogP contribution in [0.2, 0.25) is 0 Å². The van der Waals surface area contributed by atoms with Gasteiger partial charge in [0.1, 0.15) is 0 Å². The van der Waals surface area contributed by atoms with Crippen molar-refractivity contribution < 1.29 is 4.79 Å². The van der Waals surface area contributed by atoms with Gasteiger partial charge in [0.25, 0.3) is 0 Å². The van der Waals surface area contributed by atoms with Crippen LogP contribution in [0, 0.1) is 0 Å². The van der Waals surface area contributed by atoms with Crippen molar-refractivity contribution in [2.75, 3.05) is 26.2 Å². The molecular formula is C16H24N2O. The number of hydrogen-bond donors (Lipinski definition) is 1. The van der Waals surface area contributed by atoms with Crippen LogP contribution in [0.1, 0.15) is 37.7 Å². The van der Waals surface area contributed by atoms with Crippen LogP contribution in [-0.2, 0) is 4.79 Å². The molecule has 1 fully saturated rings. The molecular weight excluding hydrogens is 236 g/mol. The molecule has 3 nitrogen and oxygen atoms in total. The summed E-state index contributed by atoms with van der Waals surface area (Å²) < 4.78 is 0. The van der Waals surface area contributed by atoms with Crippen LogP contribution in [0.25, 0.3) is 0 Å². The fraction of sp³-hybridized carbons (Fsp3) is 0.562. The first kappa shape index (κ1) is 14.1. The molecule has 0 saturated carbocycles. The van der Waals surface area contributed by atoms with Gasteiger partial charge in [-0.3, -0.25) is 4.79 Å². The van der Waals surface area contributed by atoms with Gasteiger partial charge in [-0.2, -0.15) is 0 Å². The first-order valence-electron chi connectivity index (χ1n) is 7.36. The maximum atomic E-state index is 12.2. The molecule has 1 aliphatic heterocycles. The zero-order valence-corrected chi connectivity index (χ0v) is 11.8. The lowest BCUT2D eigenvalue weighted by molar-refractivity contribution is -0.122. The molecule has 1 aliphatic rings. The monoisotopic (exact) mass is 260 g/mol. The zero-order valence-electron chi connectivity index (χ0n) is 11.8. The summed E-state index contributed by atoms with van der Waals surface area (Å²) in [5, 5.41) is 3.08. The van der Waals surface area contributed by atoms with Crippen molar-refractivity contribution in [1.29, 1.82) is 0 Å². The number of carbonyl (C=O) groups is 1. The summed E-state index contributed by atoms with van der Waals surface area (Å²) in [6, 6.07) is 10.1. The van der Waals surface area contributed by atoms with Crippen LogP contribution in [0.3, 0.4) is 0 Å².